The number of piperazine rings is 1. The molecule has 4 aromatic carbocycles. The number of hydrogen-bond donors (Lipinski definition) is 1. The average Bonchev–Trinajstić information content (AvgIpc) is 3.65. The summed E-state index contributed by atoms with van der Waals surface area (Å²) in [6.45, 7) is 4.58. The minimum absolute atomic E-state index is 0.0187. The zero-order valence-corrected chi connectivity index (χ0v) is 21.7. The van der Waals surface area contributed by atoms with Crippen LogP contribution >= 0.6 is 0 Å². The second-order valence-electron chi connectivity index (χ2n) is 10.4. The van der Waals surface area contributed by atoms with E-state index in [1.54, 1.807) is 0 Å². The molecule has 8 nitrogen and oxygen atoms in total. The quantitative estimate of drug-likeness (QED) is 0.298. The normalized spacial score (nSPS) is 15.9. The van der Waals surface area contributed by atoms with Gasteiger partial charge in [0.05, 0.1) is 22.3 Å². The standard InChI is InChI=1S/C32H26N4O4/c37-31-22-8-4-5-9-23(22)32-29-28(31)24(33-21-6-2-1-3-7-21)17-25(30(29)34-40-32)36-14-12-35(13-15-36)18-20-10-11-26-27(16-20)39-19-38-26/h1-11,16-17,33H,12-15,18-19H2. The molecule has 1 aromatic heterocycles. The van der Waals surface area contributed by atoms with Crippen molar-refractivity contribution in [3.05, 3.63) is 95.6 Å². The van der Waals surface area contributed by atoms with E-state index >= 15 is 0 Å². The topological polar surface area (TPSA) is 80.1 Å². The van der Waals surface area contributed by atoms with E-state index in [1.165, 1.54) is 5.56 Å². The molecule has 0 radical (unpaired) electrons. The van der Waals surface area contributed by atoms with Crippen LogP contribution in [0, 0.1) is 0 Å². The Bertz CT molecular complexity index is 1770. The Kier molecular flexibility index (Phi) is 5.28. The highest BCUT2D eigenvalue weighted by Crippen LogP contribution is 2.46. The van der Waals surface area contributed by atoms with Gasteiger partial charge in [0.2, 0.25) is 6.79 Å². The predicted octanol–water partition coefficient (Wildman–Crippen LogP) is 5.83. The van der Waals surface area contributed by atoms with Gasteiger partial charge in [-0.05, 0) is 35.9 Å². The summed E-state index contributed by atoms with van der Waals surface area (Å²) in [5.41, 5.74) is 6.63. The van der Waals surface area contributed by atoms with Gasteiger partial charge in [0.1, 0.15) is 5.52 Å². The number of anilines is 3. The second kappa shape index (κ2) is 9.14. The Morgan fingerprint density at radius 2 is 1.60 bits per heavy atom. The summed E-state index contributed by atoms with van der Waals surface area (Å²) < 4.78 is 17.0. The molecule has 0 bridgehead atoms. The Morgan fingerprint density at radius 1 is 0.825 bits per heavy atom. The van der Waals surface area contributed by atoms with Gasteiger partial charge < -0.3 is 24.2 Å². The highest BCUT2D eigenvalue weighted by atomic mass is 16.7. The zero-order valence-electron chi connectivity index (χ0n) is 21.7. The summed E-state index contributed by atoms with van der Waals surface area (Å²) in [5, 5.41) is 8.83. The monoisotopic (exact) mass is 530 g/mol. The Balaban J connectivity index is 1.14. The van der Waals surface area contributed by atoms with Crippen LogP contribution in [0.2, 0.25) is 0 Å². The van der Waals surface area contributed by atoms with Gasteiger partial charge >= 0.3 is 0 Å². The number of rotatable bonds is 5. The fraction of sp³-hybridized carbons (Fsp3) is 0.188. The third-order valence-corrected chi connectivity index (χ3v) is 7.99. The Hall–Kier alpha value is -4.82. The number of carbonyl (C=O) groups excluding carboxylic acids is 1. The number of fused-ring (bicyclic) bond motifs is 3. The molecule has 0 unspecified atom stereocenters. The van der Waals surface area contributed by atoms with Gasteiger partial charge in [-0.25, -0.2) is 0 Å². The van der Waals surface area contributed by atoms with Crippen LogP contribution in [0.25, 0.3) is 22.2 Å². The Morgan fingerprint density at radius 3 is 2.45 bits per heavy atom. The molecule has 0 amide bonds. The first kappa shape index (κ1) is 23.1. The molecule has 1 aliphatic carbocycles. The first-order valence-electron chi connectivity index (χ1n) is 13.5. The number of para-hydroxylation sites is 1. The average molecular weight is 531 g/mol. The fourth-order valence-corrected chi connectivity index (χ4v) is 6.00. The fourth-order valence-electron chi connectivity index (χ4n) is 6.00. The van der Waals surface area contributed by atoms with E-state index in [1.807, 2.05) is 60.7 Å². The molecule has 1 saturated heterocycles. The van der Waals surface area contributed by atoms with E-state index in [2.05, 4.69) is 38.5 Å². The number of ketones is 1. The molecule has 2 aliphatic heterocycles. The molecule has 0 atom stereocenters. The van der Waals surface area contributed by atoms with Gasteiger partial charge in [0.25, 0.3) is 0 Å². The van der Waals surface area contributed by atoms with Gasteiger partial charge in [0, 0.05) is 49.5 Å². The maximum absolute atomic E-state index is 13.8. The lowest BCUT2D eigenvalue weighted by molar-refractivity contribution is 0.104. The van der Waals surface area contributed by atoms with Crippen LogP contribution in [-0.2, 0) is 6.54 Å². The minimum Gasteiger partial charge on any atom is -0.454 e. The SMILES string of the molecule is O=C1c2ccccc2-c2onc3c(N4CCN(Cc5ccc6c(c5)OCO6)CC4)cc(Nc4ccccc4)c1c23. The number of ether oxygens (including phenoxy) is 2. The summed E-state index contributed by atoms with van der Waals surface area (Å²) in [6, 6.07) is 25.8. The van der Waals surface area contributed by atoms with Crippen LogP contribution < -0.4 is 19.7 Å². The molecule has 0 spiro atoms. The number of benzene rings is 4. The third kappa shape index (κ3) is 3.71. The van der Waals surface area contributed by atoms with Crippen LogP contribution in [0.5, 0.6) is 11.5 Å². The first-order valence-corrected chi connectivity index (χ1v) is 13.5. The van der Waals surface area contributed by atoms with Gasteiger partial charge in [-0.15, -0.1) is 0 Å². The predicted molar refractivity (Wildman–Crippen MR) is 153 cm³/mol. The van der Waals surface area contributed by atoms with Crippen molar-refractivity contribution in [3.8, 4) is 22.8 Å². The van der Waals surface area contributed by atoms with Crippen molar-refractivity contribution in [2.24, 2.45) is 0 Å². The molecule has 40 heavy (non-hydrogen) atoms. The molecule has 1 N–H and O–H groups in total. The van der Waals surface area contributed by atoms with Crippen molar-refractivity contribution < 1.29 is 18.8 Å². The largest absolute Gasteiger partial charge is 0.454 e. The van der Waals surface area contributed by atoms with E-state index in [-0.39, 0.29) is 12.6 Å². The van der Waals surface area contributed by atoms with Gasteiger partial charge in [0.15, 0.2) is 23.0 Å². The molecule has 1 fully saturated rings. The molecule has 8 heteroatoms. The Labute approximate surface area is 230 Å². The lowest BCUT2D eigenvalue weighted by atomic mass is 9.86. The molecular formula is C32H26N4O4. The lowest BCUT2D eigenvalue weighted by Gasteiger charge is -2.36. The van der Waals surface area contributed by atoms with E-state index in [4.69, 9.17) is 14.0 Å². The van der Waals surface area contributed by atoms with E-state index < -0.39 is 0 Å². The highest BCUT2D eigenvalue weighted by molar-refractivity contribution is 6.28. The summed E-state index contributed by atoms with van der Waals surface area (Å²) in [4.78, 5) is 18.6. The molecule has 3 heterocycles. The number of hydrogen-bond acceptors (Lipinski definition) is 8. The number of nitrogens with zero attached hydrogens (tertiary/aromatic N) is 3. The van der Waals surface area contributed by atoms with Crippen molar-refractivity contribution in [1.82, 2.24) is 10.1 Å². The van der Waals surface area contributed by atoms with E-state index in [0.717, 1.165) is 77.8 Å². The number of nitrogens with one attached hydrogen (secondary N) is 1. The highest BCUT2D eigenvalue weighted by Gasteiger charge is 2.34. The van der Waals surface area contributed by atoms with Crippen LogP contribution in [0.4, 0.5) is 17.1 Å². The summed E-state index contributed by atoms with van der Waals surface area (Å²) >= 11 is 0. The van der Waals surface area contributed by atoms with Crippen LogP contribution in [-0.4, -0.2) is 48.8 Å². The van der Waals surface area contributed by atoms with Crippen LogP contribution in [0.15, 0.2) is 83.4 Å². The molecular weight excluding hydrogens is 504 g/mol. The number of carbonyl (C=O) groups is 1. The van der Waals surface area contributed by atoms with Gasteiger partial charge in [-0.2, -0.15) is 0 Å². The lowest BCUT2D eigenvalue weighted by Crippen LogP contribution is -2.46. The van der Waals surface area contributed by atoms with Gasteiger partial charge in [-0.3, -0.25) is 9.69 Å². The third-order valence-electron chi connectivity index (χ3n) is 7.99. The van der Waals surface area contributed by atoms with E-state index in [9.17, 15) is 4.79 Å². The van der Waals surface area contributed by atoms with Crippen molar-refractivity contribution >= 4 is 33.7 Å². The summed E-state index contributed by atoms with van der Waals surface area (Å²) in [7, 11) is 0. The van der Waals surface area contributed by atoms with Crippen molar-refractivity contribution in [3.63, 3.8) is 0 Å². The second-order valence-corrected chi connectivity index (χ2v) is 10.4. The maximum Gasteiger partial charge on any atom is 0.231 e. The van der Waals surface area contributed by atoms with Gasteiger partial charge in [-0.1, -0.05) is 53.7 Å². The van der Waals surface area contributed by atoms with E-state index in [0.29, 0.717) is 16.9 Å². The maximum atomic E-state index is 13.8. The van der Waals surface area contributed by atoms with Crippen molar-refractivity contribution in [1.29, 1.82) is 0 Å². The summed E-state index contributed by atoms with van der Waals surface area (Å²) in [6.07, 6.45) is 0. The van der Waals surface area contributed by atoms with Crippen molar-refractivity contribution in [2.45, 2.75) is 6.54 Å². The van der Waals surface area contributed by atoms with Crippen molar-refractivity contribution in [2.75, 3.05) is 43.2 Å². The zero-order chi connectivity index (χ0) is 26.6. The molecule has 3 aliphatic rings. The first-order chi connectivity index (χ1) is 19.7. The molecule has 0 saturated carbocycles. The molecule has 198 valence electrons. The number of aromatic nitrogens is 1. The minimum atomic E-state index is -0.0187. The van der Waals surface area contributed by atoms with Crippen LogP contribution in [0.3, 0.4) is 0 Å². The van der Waals surface area contributed by atoms with Crippen LogP contribution in [0.1, 0.15) is 21.5 Å². The molecule has 8 rings (SSSR count). The summed E-state index contributed by atoms with van der Waals surface area (Å²) in [5.74, 6) is 2.26. The smallest absolute Gasteiger partial charge is 0.231 e. The molecule has 5 aromatic rings.